The number of pyridine rings is 1. The topological polar surface area (TPSA) is 82.2 Å². The van der Waals surface area contributed by atoms with E-state index in [0.717, 1.165) is 19.3 Å². The highest BCUT2D eigenvalue weighted by molar-refractivity contribution is 5.97. The minimum absolute atomic E-state index is 0.0679. The van der Waals surface area contributed by atoms with Gasteiger partial charge < -0.3 is 15.4 Å². The molecule has 0 atom stereocenters. The molecule has 1 aromatic heterocycles. The molecule has 1 amide bonds. The number of amides is 1. The molecule has 0 aliphatic rings. The monoisotopic (exact) mass is 330 g/mol. The first-order valence-electron chi connectivity index (χ1n) is 8.77. The lowest BCUT2D eigenvalue weighted by molar-refractivity contribution is -0.116. The number of carbonyl (C=O) groups excluding carboxylic acids is 1. The van der Waals surface area contributed by atoms with Crippen LogP contribution in [0, 0.1) is 0 Å². The van der Waals surface area contributed by atoms with Crippen molar-refractivity contribution in [3.8, 4) is 5.75 Å². The lowest BCUT2D eigenvalue weighted by Crippen LogP contribution is -2.19. The summed E-state index contributed by atoms with van der Waals surface area (Å²) in [7, 11) is 0. The zero-order valence-corrected chi connectivity index (χ0v) is 14.2. The van der Waals surface area contributed by atoms with Gasteiger partial charge in [0.2, 0.25) is 5.91 Å². The molecule has 0 saturated heterocycles. The summed E-state index contributed by atoms with van der Waals surface area (Å²) in [6.45, 7) is 2.19. The van der Waals surface area contributed by atoms with Crippen molar-refractivity contribution in [2.75, 3.05) is 5.32 Å². The molecule has 5 nitrogen and oxygen atoms in total. The second kappa shape index (κ2) is 9.11. The first kappa shape index (κ1) is 18.0. The van der Waals surface area contributed by atoms with Crippen LogP contribution in [-0.2, 0) is 4.79 Å². The van der Waals surface area contributed by atoms with Crippen LogP contribution >= 0.6 is 0 Å². The van der Waals surface area contributed by atoms with E-state index in [-0.39, 0.29) is 17.3 Å². The summed E-state index contributed by atoms with van der Waals surface area (Å²) >= 11 is 0. The SMILES string of the molecule is CCCCCCCCCC(=O)Nc1c(O)c2ccccc2[nH]c1=O. The fourth-order valence-electron chi connectivity index (χ4n) is 2.79. The highest BCUT2D eigenvalue weighted by atomic mass is 16.3. The summed E-state index contributed by atoms with van der Waals surface area (Å²) < 4.78 is 0. The maximum Gasteiger partial charge on any atom is 0.276 e. The van der Waals surface area contributed by atoms with Gasteiger partial charge in [0.25, 0.3) is 5.56 Å². The summed E-state index contributed by atoms with van der Waals surface area (Å²) in [4.78, 5) is 26.7. The first-order valence-corrected chi connectivity index (χ1v) is 8.77. The van der Waals surface area contributed by atoms with Gasteiger partial charge in [-0.25, -0.2) is 0 Å². The second-order valence-corrected chi connectivity index (χ2v) is 6.14. The number of hydrogen-bond donors (Lipinski definition) is 3. The van der Waals surface area contributed by atoms with Crippen molar-refractivity contribution >= 4 is 22.5 Å². The van der Waals surface area contributed by atoms with Crippen molar-refractivity contribution in [1.82, 2.24) is 4.98 Å². The molecular formula is C19H26N2O3. The van der Waals surface area contributed by atoms with Crippen LogP contribution in [0.4, 0.5) is 5.69 Å². The van der Waals surface area contributed by atoms with Gasteiger partial charge in [-0.05, 0) is 18.6 Å². The molecule has 0 saturated carbocycles. The Morgan fingerprint density at radius 3 is 2.50 bits per heavy atom. The molecule has 1 aromatic carbocycles. The molecule has 0 spiro atoms. The van der Waals surface area contributed by atoms with Crippen LogP contribution in [0.15, 0.2) is 29.1 Å². The summed E-state index contributed by atoms with van der Waals surface area (Å²) in [5, 5.41) is 13.3. The maximum absolute atomic E-state index is 12.0. The number of nitrogens with one attached hydrogen (secondary N) is 2. The van der Waals surface area contributed by atoms with Gasteiger partial charge in [0.05, 0.1) is 5.52 Å². The van der Waals surface area contributed by atoms with Gasteiger partial charge >= 0.3 is 0 Å². The average Bonchev–Trinajstić information content (AvgIpc) is 2.58. The maximum atomic E-state index is 12.0. The first-order chi connectivity index (χ1) is 11.6. The van der Waals surface area contributed by atoms with Gasteiger partial charge in [0, 0.05) is 11.8 Å². The molecule has 0 aliphatic carbocycles. The molecule has 3 N–H and O–H groups in total. The van der Waals surface area contributed by atoms with E-state index < -0.39 is 5.56 Å². The Morgan fingerprint density at radius 2 is 1.75 bits per heavy atom. The molecule has 0 aliphatic heterocycles. The molecule has 24 heavy (non-hydrogen) atoms. The third-order valence-electron chi connectivity index (χ3n) is 4.17. The van der Waals surface area contributed by atoms with Crippen molar-refractivity contribution in [2.24, 2.45) is 0 Å². The second-order valence-electron chi connectivity index (χ2n) is 6.14. The minimum Gasteiger partial charge on any atom is -0.505 e. The summed E-state index contributed by atoms with van der Waals surface area (Å²) in [6.07, 6.45) is 8.26. The number of hydrogen-bond acceptors (Lipinski definition) is 3. The Hall–Kier alpha value is -2.30. The Kier molecular flexibility index (Phi) is 6.85. The summed E-state index contributed by atoms with van der Waals surface area (Å²) in [5.74, 6) is -0.415. The van der Waals surface area contributed by atoms with E-state index in [1.165, 1.54) is 25.7 Å². The molecule has 5 heteroatoms. The number of aromatic hydroxyl groups is 1. The molecule has 2 aromatic rings. The highest BCUT2D eigenvalue weighted by Crippen LogP contribution is 2.28. The molecule has 1 heterocycles. The molecule has 0 radical (unpaired) electrons. The smallest absolute Gasteiger partial charge is 0.276 e. The molecule has 130 valence electrons. The van der Waals surface area contributed by atoms with E-state index in [1.807, 2.05) is 0 Å². The van der Waals surface area contributed by atoms with E-state index in [4.69, 9.17) is 0 Å². The van der Waals surface area contributed by atoms with E-state index in [0.29, 0.717) is 17.3 Å². The Bertz CT molecular complexity index is 737. The third kappa shape index (κ3) is 4.85. The van der Waals surface area contributed by atoms with Crippen molar-refractivity contribution in [3.63, 3.8) is 0 Å². The van der Waals surface area contributed by atoms with Crippen molar-refractivity contribution in [2.45, 2.75) is 58.3 Å². The van der Waals surface area contributed by atoms with Crippen molar-refractivity contribution in [1.29, 1.82) is 0 Å². The number of anilines is 1. The van der Waals surface area contributed by atoms with Crippen LogP contribution in [0.5, 0.6) is 5.75 Å². The Balaban J connectivity index is 1.88. The number of unbranched alkanes of at least 4 members (excludes halogenated alkanes) is 6. The summed E-state index contributed by atoms with van der Waals surface area (Å²) in [6, 6.07) is 6.95. The van der Waals surface area contributed by atoms with Gasteiger partial charge in [-0.15, -0.1) is 0 Å². The number of benzene rings is 1. The van der Waals surface area contributed by atoms with Crippen LogP contribution in [0.3, 0.4) is 0 Å². The molecule has 0 fully saturated rings. The zero-order chi connectivity index (χ0) is 17.4. The number of carbonyl (C=O) groups is 1. The van der Waals surface area contributed by atoms with Crippen LogP contribution in [-0.4, -0.2) is 16.0 Å². The standard InChI is InChI=1S/C19H26N2O3/c1-2-3-4-5-6-7-8-13-16(22)21-17-18(23)14-11-9-10-12-15(14)20-19(17)24/h9-12H,2-8,13H2,1H3,(H,21,22)(H2,20,23,24). The van der Waals surface area contributed by atoms with E-state index in [1.54, 1.807) is 24.3 Å². The third-order valence-corrected chi connectivity index (χ3v) is 4.17. The average molecular weight is 330 g/mol. The lowest BCUT2D eigenvalue weighted by atomic mass is 10.1. The van der Waals surface area contributed by atoms with E-state index in [2.05, 4.69) is 17.2 Å². The molecule has 2 rings (SSSR count). The van der Waals surface area contributed by atoms with Crippen molar-refractivity contribution in [3.05, 3.63) is 34.6 Å². The number of aromatic nitrogens is 1. The zero-order valence-electron chi connectivity index (χ0n) is 14.2. The molecule has 0 bridgehead atoms. The molecule has 0 unspecified atom stereocenters. The normalized spacial score (nSPS) is 10.9. The predicted octanol–water partition coefficient (Wildman–Crippen LogP) is 4.31. The largest absolute Gasteiger partial charge is 0.505 e. The van der Waals surface area contributed by atoms with Gasteiger partial charge in [-0.2, -0.15) is 0 Å². The Labute approximate surface area is 142 Å². The van der Waals surface area contributed by atoms with Crippen LogP contribution < -0.4 is 10.9 Å². The number of fused-ring (bicyclic) bond motifs is 1. The quantitative estimate of drug-likeness (QED) is 0.599. The highest BCUT2D eigenvalue weighted by Gasteiger charge is 2.14. The number of rotatable bonds is 9. The fourth-order valence-corrected chi connectivity index (χ4v) is 2.79. The molecular weight excluding hydrogens is 304 g/mol. The summed E-state index contributed by atoms with van der Waals surface area (Å²) in [5.41, 5.74) is -0.00848. The number of H-pyrrole nitrogens is 1. The van der Waals surface area contributed by atoms with Crippen LogP contribution in [0.2, 0.25) is 0 Å². The van der Waals surface area contributed by atoms with Crippen LogP contribution in [0.1, 0.15) is 58.3 Å². The Morgan fingerprint density at radius 1 is 1.08 bits per heavy atom. The van der Waals surface area contributed by atoms with E-state index >= 15 is 0 Å². The number of aromatic amines is 1. The van der Waals surface area contributed by atoms with Gasteiger partial charge in [0.1, 0.15) is 5.69 Å². The minimum atomic E-state index is -0.487. The van der Waals surface area contributed by atoms with Crippen molar-refractivity contribution < 1.29 is 9.90 Å². The van der Waals surface area contributed by atoms with Gasteiger partial charge in [-0.1, -0.05) is 57.6 Å². The van der Waals surface area contributed by atoms with Gasteiger partial charge in [0.15, 0.2) is 5.75 Å². The van der Waals surface area contributed by atoms with Gasteiger partial charge in [-0.3, -0.25) is 9.59 Å². The number of para-hydroxylation sites is 1. The van der Waals surface area contributed by atoms with Crippen LogP contribution in [0.25, 0.3) is 10.9 Å². The fraction of sp³-hybridized carbons (Fsp3) is 0.474. The predicted molar refractivity (Wildman–Crippen MR) is 97.5 cm³/mol. The lowest BCUT2D eigenvalue weighted by Gasteiger charge is -2.09. The van der Waals surface area contributed by atoms with E-state index in [9.17, 15) is 14.7 Å².